The zero-order valence-electron chi connectivity index (χ0n) is 18.3. The monoisotopic (exact) mass is 497 g/mol. The van der Waals surface area contributed by atoms with E-state index in [9.17, 15) is 18.0 Å². The van der Waals surface area contributed by atoms with Crippen molar-refractivity contribution in [1.82, 2.24) is 9.88 Å². The lowest BCUT2D eigenvalue weighted by Crippen LogP contribution is -2.23. The third-order valence-corrected chi connectivity index (χ3v) is 6.14. The topological polar surface area (TPSA) is 54.8 Å². The van der Waals surface area contributed by atoms with E-state index in [4.69, 9.17) is 11.6 Å². The molecule has 5 nitrogen and oxygen atoms in total. The Bertz CT molecular complexity index is 1320. The van der Waals surface area contributed by atoms with E-state index in [0.29, 0.717) is 22.7 Å². The molecule has 3 heterocycles. The predicted molar refractivity (Wildman–Crippen MR) is 126 cm³/mol. The molecule has 0 bridgehead atoms. The second-order valence-electron chi connectivity index (χ2n) is 8.38. The Morgan fingerprint density at radius 1 is 1.11 bits per heavy atom. The molecular formula is C26H19ClF3N3O2. The standard InChI is InChI=1S/C26H19ClF3N3O2/c27-23-11-18(19-10-21(32-13-19)8-17-2-1-7-31-12-17)9-20-15-33(25(34)24(20)23)14-16-3-5-22(6-4-16)35-26(28,29)30/h1-7,9-13,21H,8,14-15H2. The molecule has 0 spiro atoms. The first-order chi connectivity index (χ1) is 16.7. The van der Waals surface area contributed by atoms with Crippen molar-refractivity contribution >= 4 is 29.3 Å². The van der Waals surface area contributed by atoms with Crippen LogP contribution in [0.25, 0.3) is 5.57 Å². The first-order valence-electron chi connectivity index (χ1n) is 10.9. The van der Waals surface area contributed by atoms with Gasteiger partial charge in [0.25, 0.3) is 5.91 Å². The van der Waals surface area contributed by atoms with Crippen molar-refractivity contribution in [3.8, 4) is 5.75 Å². The number of carbonyl (C=O) groups is 1. The van der Waals surface area contributed by atoms with E-state index in [1.54, 1.807) is 17.2 Å². The zero-order chi connectivity index (χ0) is 24.6. The van der Waals surface area contributed by atoms with Crippen LogP contribution in [0.1, 0.15) is 32.6 Å². The van der Waals surface area contributed by atoms with Crippen LogP contribution < -0.4 is 4.74 Å². The molecule has 2 aromatic carbocycles. The van der Waals surface area contributed by atoms with Gasteiger partial charge in [-0.05, 0) is 64.6 Å². The molecule has 5 rings (SSSR count). The molecule has 3 aromatic rings. The van der Waals surface area contributed by atoms with Crippen molar-refractivity contribution in [2.45, 2.75) is 31.9 Å². The summed E-state index contributed by atoms with van der Waals surface area (Å²) in [5, 5.41) is 0.365. The van der Waals surface area contributed by atoms with Gasteiger partial charge < -0.3 is 9.64 Å². The molecule has 9 heteroatoms. The maximum atomic E-state index is 13.0. The van der Waals surface area contributed by atoms with E-state index in [2.05, 4.69) is 20.8 Å². The zero-order valence-corrected chi connectivity index (χ0v) is 19.1. The van der Waals surface area contributed by atoms with E-state index in [1.807, 2.05) is 30.6 Å². The molecule has 0 radical (unpaired) electrons. The van der Waals surface area contributed by atoms with Gasteiger partial charge in [-0.15, -0.1) is 13.2 Å². The average molecular weight is 498 g/mol. The molecule has 0 saturated carbocycles. The van der Waals surface area contributed by atoms with Crippen LogP contribution in [-0.2, 0) is 19.5 Å². The number of aromatic nitrogens is 1. The molecule has 1 amide bonds. The third-order valence-electron chi connectivity index (χ3n) is 5.84. The van der Waals surface area contributed by atoms with Gasteiger partial charge in [0.15, 0.2) is 0 Å². The van der Waals surface area contributed by atoms with Crippen LogP contribution >= 0.6 is 11.6 Å². The predicted octanol–water partition coefficient (Wildman–Crippen LogP) is 5.87. The van der Waals surface area contributed by atoms with Gasteiger partial charge in [-0.3, -0.25) is 14.8 Å². The van der Waals surface area contributed by atoms with Crippen LogP contribution in [0.4, 0.5) is 13.2 Å². The Kier molecular flexibility index (Phi) is 6.06. The highest BCUT2D eigenvalue weighted by Crippen LogP contribution is 2.34. The third kappa shape index (κ3) is 5.22. The van der Waals surface area contributed by atoms with E-state index in [0.717, 1.165) is 28.7 Å². The van der Waals surface area contributed by atoms with Crippen molar-refractivity contribution < 1.29 is 22.7 Å². The van der Waals surface area contributed by atoms with E-state index >= 15 is 0 Å². The van der Waals surface area contributed by atoms with Crippen molar-refractivity contribution in [2.75, 3.05) is 0 Å². The molecule has 0 aliphatic carbocycles. The number of allylic oxidation sites excluding steroid dienone is 1. The number of rotatable bonds is 6. The Labute approximate surface area is 204 Å². The number of amides is 1. The Balaban J connectivity index is 1.30. The first kappa shape index (κ1) is 23.1. The fraction of sp³-hybridized carbons (Fsp3) is 0.192. The lowest BCUT2D eigenvalue weighted by molar-refractivity contribution is -0.274. The van der Waals surface area contributed by atoms with Crippen LogP contribution in [0.3, 0.4) is 0 Å². The number of hydrogen-bond acceptors (Lipinski definition) is 4. The lowest BCUT2D eigenvalue weighted by atomic mass is 9.99. The van der Waals surface area contributed by atoms with E-state index < -0.39 is 6.36 Å². The maximum Gasteiger partial charge on any atom is 0.573 e. The molecular weight excluding hydrogens is 479 g/mol. The summed E-state index contributed by atoms with van der Waals surface area (Å²) in [6.07, 6.45) is 3.44. The van der Waals surface area contributed by atoms with Gasteiger partial charge in [-0.2, -0.15) is 0 Å². The van der Waals surface area contributed by atoms with Crippen LogP contribution in [0.15, 0.2) is 72.0 Å². The summed E-state index contributed by atoms with van der Waals surface area (Å²) in [5.41, 5.74) is 4.86. The molecule has 0 N–H and O–H groups in total. The Morgan fingerprint density at radius 3 is 2.63 bits per heavy atom. The second-order valence-corrected chi connectivity index (χ2v) is 8.79. The molecule has 1 unspecified atom stereocenters. The quantitative estimate of drug-likeness (QED) is 0.428. The van der Waals surface area contributed by atoms with E-state index in [1.165, 1.54) is 24.3 Å². The summed E-state index contributed by atoms with van der Waals surface area (Å²) in [6, 6.07) is 13.1. The number of nitrogens with zero attached hydrogens (tertiary/aromatic N) is 3. The van der Waals surface area contributed by atoms with Crippen LogP contribution in [0.2, 0.25) is 5.02 Å². The summed E-state index contributed by atoms with van der Waals surface area (Å²) in [5.74, 6) is -0.519. The number of fused-ring (bicyclic) bond motifs is 1. The fourth-order valence-corrected chi connectivity index (χ4v) is 4.61. The Morgan fingerprint density at radius 2 is 1.91 bits per heavy atom. The maximum absolute atomic E-state index is 13.0. The van der Waals surface area contributed by atoms with E-state index in [-0.39, 0.29) is 24.2 Å². The number of hydrogen-bond donors (Lipinski definition) is 0. The number of carbonyl (C=O) groups excluding carboxylic acids is 1. The van der Waals surface area contributed by atoms with Gasteiger partial charge in [0.05, 0.1) is 16.6 Å². The van der Waals surface area contributed by atoms with Gasteiger partial charge >= 0.3 is 6.36 Å². The number of halogens is 4. The lowest BCUT2D eigenvalue weighted by Gasteiger charge is -2.16. The highest BCUT2D eigenvalue weighted by atomic mass is 35.5. The SMILES string of the molecule is O=C1c2c(Cl)cc(C3=CC(Cc4cccnc4)N=C3)cc2CN1Cc1ccc(OC(F)(F)F)cc1. The van der Waals surface area contributed by atoms with Gasteiger partial charge in [0.2, 0.25) is 0 Å². The average Bonchev–Trinajstić information content (AvgIpc) is 3.39. The second kappa shape index (κ2) is 9.19. The number of alkyl halides is 3. The molecule has 2 aliphatic rings. The molecule has 1 atom stereocenters. The number of pyridine rings is 1. The van der Waals surface area contributed by atoms with Crippen molar-refractivity contribution in [3.63, 3.8) is 0 Å². The number of aliphatic imine (C=N–C) groups is 1. The summed E-state index contributed by atoms with van der Waals surface area (Å²) < 4.78 is 41.0. The normalized spacial score (nSPS) is 17.0. The highest BCUT2D eigenvalue weighted by Gasteiger charge is 2.32. The minimum absolute atomic E-state index is 0.00339. The minimum Gasteiger partial charge on any atom is -0.406 e. The first-order valence-corrected chi connectivity index (χ1v) is 11.2. The molecule has 2 aliphatic heterocycles. The number of ether oxygens (including phenoxy) is 1. The van der Waals surface area contributed by atoms with Crippen molar-refractivity contribution in [1.29, 1.82) is 0 Å². The van der Waals surface area contributed by atoms with Crippen molar-refractivity contribution in [3.05, 3.63) is 99.8 Å². The summed E-state index contributed by atoms with van der Waals surface area (Å²) in [4.78, 5) is 23.3. The van der Waals surface area contributed by atoms with Crippen LogP contribution in [0.5, 0.6) is 5.75 Å². The molecule has 178 valence electrons. The molecule has 1 aromatic heterocycles. The minimum atomic E-state index is -4.75. The van der Waals surface area contributed by atoms with Crippen LogP contribution in [-0.4, -0.2) is 34.4 Å². The fourth-order valence-electron chi connectivity index (χ4n) is 4.29. The number of benzene rings is 2. The highest BCUT2D eigenvalue weighted by molar-refractivity contribution is 6.34. The summed E-state index contributed by atoms with van der Waals surface area (Å²) >= 11 is 6.51. The van der Waals surface area contributed by atoms with Crippen molar-refractivity contribution in [2.24, 2.45) is 4.99 Å². The smallest absolute Gasteiger partial charge is 0.406 e. The summed E-state index contributed by atoms with van der Waals surface area (Å²) in [7, 11) is 0. The molecule has 0 saturated heterocycles. The molecule has 35 heavy (non-hydrogen) atoms. The summed E-state index contributed by atoms with van der Waals surface area (Å²) in [6.45, 7) is 0.592. The van der Waals surface area contributed by atoms with Gasteiger partial charge in [0.1, 0.15) is 5.75 Å². The van der Waals surface area contributed by atoms with Gasteiger partial charge in [0, 0.05) is 31.7 Å². The Hall–Kier alpha value is -3.65. The van der Waals surface area contributed by atoms with Crippen LogP contribution in [0, 0.1) is 0 Å². The van der Waals surface area contributed by atoms with Gasteiger partial charge in [-0.25, -0.2) is 0 Å². The molecule has 0 fully saturated rings. The van der Waals surface area contributed by atoms with Gasteiger partial charge in [-0.1, -0.05) is 35.9 Å². The largest absolute Gasteiger partial charge is 0.573 e.